The number of esters is 1. The Morgan fingerprint density at radius 3 is 2.52 bits per heavy atom. The Morgan fingerprint density at radius 1 is 1.26 bits per heavy atom. The molecule has 0 saturated heterocycles. The number of sulfonamides is 1. The van der Waals surface area contributed by atoms with Crippen LogP contribution >= 0.6 is 0 Å². The van der Waals surface area contributed by atoms with Crippen LogP contribution in [0.1, 0.15) is 49.9 Å². The van der Waals surface area contributed by atoms with Gasteiger partial charge in [0.15, 0.2) is 6.10 Å². The van der Waals surface area contributed by atoms with E-state index in [4.69, 9.17) is 14.6 Å². The molecule has 0 aromatic heterocycles. The first-order valence-corrected chi connectivity index (χ1v) is 10.4. The molecule has 3 atom stereocenters. The normalized spacial score (nSPS) is 21.2. The van der Waals surface area contributed by atoms with E-state index in [1.54, 1.807) is 0 Å². The molecule has 0 heterocycles. The van der Waals surface area contributed by atoms with E-state index in [9.17, 15) is 18.0 Å². The number of carbonyl (C=O) groups excluding carboxylic acids is 2. The molecule has 3 N–H and O–H groups in total. The minimum Gasteiger partial charge on any atom is -0.496 e. The van der Waals surface area contributed by atoms with Crippen LogP contribution in [0, 0.1) is 5.92 Å². The number of hydrogen-bond acceptors (Lipinski definition) is 6. The van der Waals surface area contributed by atoms with E-state index in [1.165, 1.54) is 26.2 Å². The zero-order chi connectivity index (χ0) is 20.2. The van der Waals surface area contributed by atoms with Gasteiger partial charge in [-0.25, -0.2) is 18.4 Å². The van der Waals surface area contributed by atoms with Crippen molar-refractivity contribution < 1.29 is 27.5 Å². The van der Waals surface area contributed by atoms with Crippen LogP contribution < -0.4 is 15.2 Å². The van der Waals surface area contributed by atoms with Gasteiger partial charge in [0, 0.05) is 6.04 Å². The number of amides is 1. The molecule has 1 aliphatic carbocycles. The molecule has 0 aliphatic heterocycles. The van der Waals surface area contributed by atoms with E-state index in [0.29, 0.717) is 5.92 Å². The number of nitrogens with one attached hydrogen (secondary N) is 1. The first-order valence-electron chi connectivity index (χ1n) is 8.85. The molecule has 0 radical (unpaired) electrons. The zero-order valence-electron chi connectivity index (χ0n) is 15.7. The van der Waals surface area contributed by atoms with Crippen LogP contribution in [0.15, 0.2) is 23.1 Å². The van der Waals surface area contributed by atoms with Gasteiger partial charge in [-0.05, 0) is 43.9 Å². The summed E-state index contributed by atoms with van der Waals surface area (Å²) in [5.74, 6) is -0.751. The number of primary sulfonamides is 1. The lowest BCUT2D eigenvalue weighted by atomic mass is 9.86. The summed E-state index contributed by atoms with van der Waals surface area (Å²) in [4.78, 5) is 24.6. The van der Waals surface area contributed by atoms with E-state index < -0.39 is 22.1 Å². The van der Waals surface area contributed by atoms with Gasteiger partial charge in [0.25, 0.3) is 5.91 Å². The molecule has 1 aromatic carbocycles. The number of benzene rings is 1. The van der Waals surface area contributed by atoms with Gasteiger partial charge in [0.05, 0.1) is 12.0 Å². The third kappa shape index (κ3) is 5.43. The van der Waals surface area contributed by atoms with E-state index in [-0.39, 0.29) is 28.2 Å². The molecular weight excluding hydrogens is 372 g/mol. The molecule has 9 heteroatoms. The molecule has 1 fully saturated rings. The van der Waals surface area contributed by atoms with E-state index in [1.807, 2.05) is 0 Å². The standard InChI is InChI=1S/C18H26N2O6S/c1-11-6-4-5-7-15(11)20-17(21)12(2)26-18(22)14-10-13(27(19,23)24)8-9-16(14)25-3/h8-12,15H,4-7H2,1-3H3,(H,20,21)(H2,19,23,24)/t11-,12+,15+/m0/s1. The average molecular weight is 398 g/mol. The third-order valence-electron chi connectivity index (χ3n) is 4.81. The van der Waals surface area contributed by atoms with Crippen molar-refractivity contribution in [3.63, 3.8) is 0 Å². The van der Waals surface area contributed by atoms with Gasteiger partial charge >= 0.3 is 5.97 Å². The van der Waals surface area contributed by atoms with Gasteiger partial charge < -0.3 is 14.8 Å². The van der Waals surface area contributed by atoms with Crippen molar-refractivity contribution in [2.75, 3.05) is 7.11 Å². The monoisotopic (exact) mass is 398 g/mol. The van der Waals surface area contributed by atoms with Gasteiger partial charge in [0.2, 0.25) is 10.0 Å². The second-order valence-corrected chi connectivity index (χ2v) is 8.39. The molecular formula is C18H26N2O6S. The van der Waals surface area contributed by atoms with Crippen LogP contribution in [0.25, 0.3) is 0 Å². The van der Waals surface area contributed by atoms with Gasteiger partial charge in [-0.2, -0.15) is 0 Å². The Kier molecular flexibility index (Phi) is 6.83. The molecule has 0 unspecified atom stereocenters. The van der Waals surface area contributed by atoms with Crippen molar-refractivity contribution in [3.8, 4) is 5.75 Å². The average Bonchev–Trinajstić information content (AvgIpc) is 2.62. The Balaban J connectivity index is 2.10. The Labute approximate surface area is 159 Å². The quantitative estimate of drug-likeness (QED) is 0.701. The zero-order valence-corrected chi connectivity index (χ0v) is 16.5. The molecule has 1 amide bonds. The summed E-state index contributed by atoms with van der Waals surface area (Å²) in [6.45, 7) is 3.56. The molecule has 1 aliphatic rings. The maximum Gasteiger partial charge on any atom is 0.342 e. The highest BCUT2D eigenvalue weighted by atomic mass is 32.2. The SMILES string of the molecule is COc1ccc(S(N)(=O)=O)cc1C(=O)O[C@H](C)C(=O)N[C@@H]1CCCC[C@@H]1C. The molecule has 1 aromatic rings. The van der Waals surface area contributed by atoms with Crippen molar-refractivity contribution in [3.05, 3.63) is 23.8 Å². The van der Waals surface area contributed by atoms with E-state index in [2.05, 4.69) is 12.2 Å². The molecule has 0 bridgehead atoms. The maximum absolute atomic E-state index is 12.5. The van der Waals surface area contributed by atoms with Gasteiger partial charge in [0.1, 0.15) is 11.3 Å². The highest BCUT2D eigenvalue weighted by molar-refractivity contribution is 7.89. The largest absolute Gasteiger partial charge is 0.496 e. The summed E-state index contributed by atoms with van der Waals surface area (Å²) in [5, 5.41) is 8.03. The fraction of sp³-hybridized carbons (Fsp3) is 0.556. The fourth-order valence-electron chi connectivity index (χ4n) is 3.13. The van der Waals surface area contributed by atoms with Crippen LogP contribution in [0.5, 0.6) is 5.75 Å². The lowest BCUT2D eigenvalue weighted by molar-refractivity contribution is -0.130. The summed E-state index contributed by atoms with van der Waals surface area (Å²) < 4.78 is 33.3. The molecule has 27 heavy (non-hydrogen) atoms. The summed E-state index contributed by atoms with van der Waals surface area (Å²) in [6, 6.07) is 3.67. The van der Waals surface area contributed by atoms with Crippen molar-refractivity contribution >= 4 is 21.9 Å². The van der Waals surface area contributed by atoms with Crippen molar-refractivity contribution in [2.24, 2.45) is 11.1 Å². The number of methoxy groups -OCH3 is 1. The second kappa shape index (κ2) is 8.71. The predicted molar refractivity (Wildman–Crippen MR) is 98.8 cm³/mol. The predicted octanol–water partition coefficient (Wildman–Crippen LogP) is 1.58. The minimum atomic E-state index is -4.00. The fourth-order valence-corrected chi connectivity index (χ4v) is 3.67. The van der Waals surface area contributed by atoms with Gasteiger partial charge in [-0.1, -0.05) is 19.8 Å². The molecule has 8 nitrogen and oxygen atoms in total. The van der Waals surface area contributed by atoms with Crippen LogP contribution in [0.4, 0.5) is 0 Å². The van der Waals surface area contributed by atoms with E-state index in [0.717, 1.165) is 31.7 Å². The van der Waals surface area contributed by atoms with Crippen molar-refractivity contribution in [1.82, 2.24) is 5.32 Å². The topological polar surface area (TPSA) is 125 Å². The summed E-state index contributed by atoms with van der Waals surface area (Å²) in [6.07, 6.45) is 3.13. The first kappa shape index (κ1) is 21.2. The van der Waals surface area contributed by atoms with Crippen LogP contribution in [0.2, 0.25) is 0 Å². The smallest absolute Gasteiger partial charge is 0.342 e. The molecule has 2 rings (SSSR count). The highest BCUT2D eigenvalue weighted by Gasteiger charge is 2.27. The number of carbonyl (C=O) groups is 2. The maximum atomic E-state index is 12.5. The first-order chi connectivity index (χ1) is 12.6. The molecule has 0 spiro atoms. The van der Waals surface area contributed by atoms with E-state index >= 15 is 0 Å². The number of hydrogen-bond donors (Lipinski definition) is 2. The third-order valence-corrected chi connectivity index (χ3v) is 5.72. The van der Waals surface area contributed by atoms with Gasteiger partial charge in [-0.3, -0.25) is 4.79 Å². The lowest BCUT2D eigenvalue weighted by Crippen LogP contribution is -2.46. The molecule has 1 saturated carbocycles. The second-order valence-electron chi connectivity index (χ2n) is 6.83. The van der Waals surface area contributed by atoms with Crippen molar-refractivity contribution in [1.29, 1.82) is 0 Å². The summed E-state index contributed by atoms with van der Waals surface area (Å²) in [7, 11) is -2.66. The summed E-state index contributed by atoms with van der Waals surface area (Å²) >= 11 is 0. The van der Waals surface area contributed by atoms with Crippen LogP contribution in [-0.2, 0) is 19.6 Å². The number of nitrogens with two attached hydrogens (primary N) is 1. The van der Waals surface area contributed by atoms with Crippen LogP contribution in [0.3, 0.4) is 0 Å². The Hall–Kier alpha value is -2.13. The number of ether oxygens (including phenoxy) is 2. The summed E-state index contributed by atoms with van der Waals surface area (Å²) in [5.41, 5.74) is -0.116. The minimum absolute atomic E-state index is 0.0626. The highest BCUT2D eigenvalue weighted by Crippen LogP contribution is 2.25. The lowest BCUT2D eigenvalue weighted by Gasteiger charge is -2.30. The molecule has 150 valence electrons. The Morgan fingerprint density at radius 2 is 1.93 bits per heavy atom. The van der Waals surface area contributed by atoms with Crippen LogP contribution in [-0.4, -0.2) is 39.5 Å². The van der Waals surface area contributed by atoms with Crippen molar-refractivity contribution in [2.45, 2.75) is 56.6 Å². The van der Waals surface area contributed by atoms with Gasteiger partial charge in [-0.15, -0.1) is 0 Å². The Bertz CT molecular complexity index is 808. The number of rotatable bonds is 6.